The molecule has 0 saturated carbocycles. The average Bonchev–Trinajstić information content (AvgIpc) is 2.22. The summed E-state index contributed by atoms with van der Waals surface area (Å²) in [6.45, 7) is 0. The molecule has 0 spiro atoms. The molecule has 6 heteroatoms. The molecule has 5 nitrogen and oxygen atoms in total. The number of hydrogen-bond donors (Lipinski definition) is 1. The third-order valence-corrected chi connectivity index (χ3v) is 3.05. The van der Waals surface area contributed by atoms with Gasteiger partial charge in [0.05, 0.1) is 4.90 Å². The molecule has 1 aromatic rings. The fourth-order valence-corrected chi connectivity index (χ4v) is 1.92. The van der Waals surface area contributed by atoms with Gasteiger partial charge in [-0.05, 0) is 23.8 Å². The Balaban J connectivity index is 2.68. The van der Waals surface area contributed by atoms with E-state index in [1.54, 1.807) is 0 Å². The molecule has 0 bridgehead atoms. The Morgan fingerprint density at radius 2 is 1.75 bits per heavy atom. The first-order valence-electron chi connectivity index (χ1n) is 4.28. The van der Waals surface area contributed by atoms with Gasteiger partial charge in [-0.3, -0.25) is 14.1 Å². The van der Waals surface area contributed by atoms with Crippen LogP contribution in [0.5, 0.6) is 0 Å². The maximum absolute atomic E-state index is 11.4. The zero-order valence-electron chi connectivity index (χ0n) is 7.88. The number of carbonyl (C=O) groups is 2. The highest BCUT2D eigenvalue weighted by Crippen LogP contribution is 2.21. The van der Waals surface area contributed by atoms with E-state index in [0.717, 1.165) is 12.1 Å². The first kappa shape index (κ1) is 10.7. The van der Waals surface area contributed by atoms with Crippen LogP contribution in [0.3, 0.4) is 0 Å². The standard InChI is InChI=1S/C10H6O5S/c11-9-4-2-6-1-3-7(16(13,14)15)5-8(6)10(9)12/h1-5H,(H,13,14,15). The number of benzene rings is 1. The van der Waals surface area contributed by atoms with Crippen molar-refractivity contribution in [3.63, 3.8) is 0 Å². The van der Waals surface area contributed by atoms with Crippen LogP contribution in [-0.4, -0.2) is 24.5 Å². The molecule has 1 N–H and O–H groups in total. The Labute approximate surface area is 91.1 Å². The summed E-state index contributed by atoms with van der Waals surface area (Å²) in [6, 6.07) is 3.52. The first-order valence-corrected chi connectivity index (χ1v) is 5.72. The number of allylic oxidation sites excluding steroid dienone is 1. The van der Waals surface area contributed by atoms with Crippen LogP contribution in [0.2, 0.25) is 0 Å². The van der Waals surface area contributed by atoms with Crippen molar-refractivity contribution in [3.8, 4) is 0 Å². The van der Waals surface area contributed by atoms with Crippen molar-refractivity contribution in [2.75, 3.05) is 0 Å². The fraction of sp³-hybridized carbons (Fsp3) is 0. The van der Waals surface area contributed by atoms with Gasteiger partial charge in [0, 0.05) is 5.56 Å². The summed E-state index contributed by atoms with van der Waals surface area (Å²) in [7, 11) is -4.36. The monoisotopic (exact) mass is 238 g/mol. The number of ketones is 2. The number of Topliss-reactive ketones (excluding diaryl/α,β-unsaturated/α-hetero) is 1. The molecule has 82 valence electrons. The summed E-state index contributed by atoms with van der Waals surface area (Å²) >= 11 is 0. The molecule has 0 aromatic heterocycles. The van der Waals surface area contributed by atoms with Crippen molar-refractivity contribution in [1.82, 2.24) is 0 Å². The summed E-state index contributed by atoms with van der Waals surface area (Å²) in [4.78, 5) is 22.1. The molecule has 0 radical (unpaired) electrons. The van der Waals surface area contributed by atoms with E-state index in [4.69, 9.17) is 4.55 Å². The van der Waals surface area contributed by atoms with Crippen molar-refractivity contribution < 1.29 is 22.6 Å². The summed E-state index contributed by atoms with van der Waals surface area (Å²) in [5.74, 6) is -1.48. The SMILES string of the molecule is O=C1C=Cc2ccc(S(=O)(=O)O)cc2C1=O. The molecule has 1 aliphatic carbocycles. The maximum Gasteiger partial charge on any atom is 0.294 e. The van der Waals surface area contributed by atoms with Crippen molar-refractivity contribution in [2.45, 2.75) is 4.90 Å². The predicted molar refractivity (Wildman–Crippen MR) is 54.6 cm³/mol. The molecule has 0 fully saturated rings. The lowest BCUT2D eigenvalue weighted by atomic mass is 9.96. The van der Waals surface area contributed by atoms with E-state index in [0.29, 0.717) is 5.56 Å². The van der Waals surface area contributed by atoms with E-state index in [2.05, 4.69) is 0 Å². The van der Waals surface area contributed by atoms with Gasteiger partial charge in [-0.25, -0.2) is 0 Å². The highest BCUT2D eigenvalue weighted by Gasteiger charge is 2.23. The summed E-state index contributed by atoms with van der Waals surface area (Å²) in [5.41, 5.74) is 0.444. The molecule has 0 saturated heterocycles. The molecule has 2 rings (SSSR count). The van der Waals surface area contributed by atoms with E-state index < -0.39 is 26.6 Å². The Bertz CT molecular complexity index is 625. The predicted octanol–water partition coefficient (Wildman–Crippen LogP) is 0.712. The van der Waals surface area contributed by atoms with Gasteiger partial charge in [-0.2, -0.15) is 8.42 Å². The lowest BCUT2D eigenvalue weighted by Gasteiger charge is -2.08. The molecular formula is C10H6O5S. The van der Waals surface area contributed by atoms with Crippen LogP contribution in [0.4, 0.5) is 0 Å². The molecule has 0 unspecified atom stereocenters. The van der Waals surface area contributed by atoms with Crippen LogP contribution in [0, 0.1) is 0 Å². The maximum atomic E-state index is 11.4. The average molecular weight is 238 g/mol. The lowest BCUT2D eigenvalue weighted by Crippen LogP contribution is -2.16. The normalized spacial score (nSPS) is 15.1. The van der Waals surface area contributed by atoms with Crippen molar-refractivity contribution in [1.29, 1.82) is 0 Å². The van der Waals surface area contributed by atoms with E-state index in [1.165, 1.54) is 18.2 Å². The molecule has 0 aliphatic heterocycles. The number of hydrogen-bond acceptors (Lipinski definition) is 4. The Kier molecular flexibility index (Phi) is 2.25. The van der Waals surface area contributed by atoms with E-state index in [9.17, 15) is 18.0 Å². The molecular weight excluding hydrogens is 232 g/mol. The minimum Gasteiger partial charge on any atom is -0.286 e. The number of carbonyl (C=O) groups excluding carboxylic acids is 2. The zero-order valence-corrected chi connectivity index (χ0v) is 8.69. The van der Waals surface area contributed by atoms with E-state index in [-0.39, 0.29) is 5.56 Å². The Hall–Kier alpha value is -1.79. The topological polar surface area (TPSA) is 88.5 Å². The van der Waals surface area contributed by atoms with Crippen LogP contribution in [0.25, 0.3) is 6.08 Å². The van der Waals surface area contributed by atoms with Gasteiger partial charge in [0.25, 0.3) is 10.1 Å². The van der Waals surface area contributed by atoms with Crippen LogP contribution in [0.15, 0.2) is 29.2 Å². The summed E-state index contributed by atoms with van der Waals surface area (Å²) < 4.78 is 30.5. The van der Waals surface area contributed by atoms with Crippen LogP contribution >= 0.6 is 0 Å². The van der Waals surface area contributed by atoms with Crippen molar-refractivity contribution >= 4 is 27.8 Å². The van der Waals surface area contributed by atoms with Gasteiger partial charge in [0.1, 0.15) is 0 Å². The minimum atomic E-state index is -4.36. The van der Waals surface area contributed by atoms with Crippen molar-refractivity contribution in [2.24, 2.45) is 0 Å². The second kappa shape index (κ2) is 3.36. The van der Waals surface area contributed by atoms with Crippen LogP contribution < -0.4 is 0 Å². The highest BCUT2D eigenvalue weighted by molar-refractivity contribution is 7.85. The second-order valence-electron chi connectivity index (χ2n) is 3.25. The smallest absolute Gasteiger partial charge is 0.286 e. The van der Waals surface area contributed by atoms with Crippen LogP contribution in [-0.2, 0) is 14.9 Å². The quantitative estimate of drug-likeness (QED) is 0.575. The van der Waals surface area contributed by atoms with Gasteiger partial charge >= 0.3 is 0 Å². The van der Waals surface area contributed by atoms with E-state index in [1.807, 2.05) is 0 Å². The Morgan fingerprint density at radius 1 is 1.06 bits per heavy atom. The largest absolute Gasteiger partial charge is 0.294 e. The molecule has 1 aliphatic rings. The van der Waals surface area contributed by atoms with Gasteiger partial charge in [0.15, 0.2) is 0 Å². The fourth-order valence-electron chi connectivity index (χ4n) is 1.41. The molecule has 1 aromatic carbocycles. The van der Waals surface area contributed by atoms with Crippen LogP contribution in [0.1, 0.15) is 15.9 Å². The highest BCUT2D eigenvalue weighted by atomic mass is 32.2. The molecule has 0 atom stereocenters. The summed E-state index contributed by atoms with van der Waals surface area (Å²) in [5, 5.41) is 0. The number of fused-ring (bicyclic) bond motifs is 1. The molecule has 0 heterocycles. The molecule has 0 amide bonds. The third-order valence-electron chi connectivity index (χ3n) is 2.21. The third kappa shape index (κ3) is 1.68. The van der Waals surface area contributed by atoms with Gasteiger partial charge in [0.2, 0.25) is 11.6 Å². The zero-order chi connectivity index (χ0) is 11.9. The lowest BCUT2D eigenvalue weighted by molar-refractivity contribution is -0.110. The van der Waals surface area contributed by atoms with Gasteiger partial charge < -0.3 is 0 Å². The first-order chi connectivity index (χ1) is 7.39. The summed E-state index contributed by atoms with van der Waals surface area (Å²) in [6.07, 6.45) is 2.55. The minimum absolute atomic E-state index is 0.0115. The molecule has 16 heavy (non-hydrogen) atoms. The second-order valence-corrected chi connectivity index (χ2v) is 4.67. The van der Waals surface area contributed by atoms with Crippen molar-refractivity contribution in [3.05, 3.63) is 35.4 Å². The van der Waals surface area contributed by atoms with Gasteiger partial charge in [-0.15, -0.1) is 0 Å². The van der Waals surface area contributed by atoms with E-state index >= 15 is 0 Å². The Morgan fingerprint density at radius 3 is 2.38 bits per heavy atom. The van der Waals surface area contributed by atoms with Gasteiger partial charge in [-0.1, -0.05) is 12.1 Å². The number of rotatable bonds is 1.